The molecule has 0 bridgehead atoms. The summed E-state index contributed by atoms with van der Waals surface area (Å²) in [4.78, 5) is 0. The van der Waals surface area contributed by atoms with Gasteiger partial charge in [0, 0.05) is 0 Å². The first kappa shape index (κ1) is 16.0. The molecule has 0 aliphatic heterocycles. The van der Waals surface area contributed by atoms with Gasteiger partial charge >= 0.3 is 0 Å². The molecular formula is C16H32. The molecule has 0 amide bonds. The van der Waals surface area contributed by atoms with Gasteiger partial charge in [0.2, 0.25) is 0 Å². The molecule has 0 unspecified atom stereocenters. The van der Waals surface area contributed by atoms with Crippen LogP contribution < -0.4 is 0 Å². The normalized spacial score (nSPS) is 10.9. The summed E-state index contributed by atoms with van der Waals surface area (Å²) in [5.41, 5.74) is 0. The number of hydrogen-bond acceptors (Lipinski definition) is 0. The van der Waals surface area contributed by atoms with E-state index in [0.717, 1.165) is 6.42 Å². The van der Waals surface area contributed by atoms with Gasteiger partial charge in [0.1, 0.15) is 0 Å². The third-order valence-corrected chi connectivity index (χ3v) is 3.17. The Labute approximate surface area is 104 Å². The Bertz CT molecular complexity index is 92.6. The molecular weight excluding hydrogens is 192 g/mol. The lowest BCUT2D eigenvalue weighted by atomic mass is 10.0. The molecule has 0 aromatic carbocycles. The number of unbranched alkanes of at least 4 members (excludes halogenated alkanes) is 13. The van der Waals surface area contributed by atoms with E-state index in [-0.39, 0.29) is 0 Å². The van der Waals surface area contributed by atoms with Crippen molar-refractivity contribution in [2.75, 3.05) is 0 Å². The van der Waals surface area contributed by atoms with E-state index in [2.05, 4.69) is 20.3 Å². The maximum Gasteiger partial charge on any atom is -0.0386 e. The summed E-state index contributed by atoms with van der Waals surface area (Å²) in [6.07, 6.45) is 20.4. The van der Waals surface area contributed by atoms with Crippen LogP contribution in [0.15, 0.2) is 0 Å². The van der Waals surface area contributed by atoms with Crippen LogP contribution in [0, 0.1) is 13.3 Å². The van der Waals surface area contributed by atoms with Crippen molar-refractivity contribution in [1.82, 2.24) is 0 Å². The molecule has 0 rings (SSSR count). The highest BCUT2D eigenvalue weighted by atomic mass is 14.0. The summed E-state index contributed by atoms with van der Waals surface area (Å²) in [5, 5.41) is 0. The molecule has 0 aliphatic rings. The Morgan fingerprint density at radius 1 is 0.688 bits per heavy atom. The quantitative estimate of drug-likeness (QED) is 0.331. The Morgan fingerprint density at radius 3 is 1.75 bits per heavy atom. The molecule has 0 fully saturated rings. The van der Waals surface area contributed by atoms with Gasteiger partial charge in [0.25, 0.3) is 0 Å². The van der Waals surface area contributed by atoms with E-state index >= 15 is 0 Å². The summed E-state index contributed by atoms with van der Waals surface area (Å²) >= 11 is 0. The summed E-state index contributed by atoms with van der Waals surface area (Å²) in [6.45, 7) is 6.14. The zero-order valence-electron chi connectivity index (χ0n) is 11.5. The number of rotatable bonds is 13. The highest BCUT2D eigenvalue weighted by Gasteiger charge is 1.92. The monoisotopic (exact) mass is 224 g/mol. The van der Waals surface area contributed by atoms with E-state index in [4.69, 9.17) is 0 Å². The molecule has 2 radical (unpaired) electrons. The lowest BCUT2D eigenvalue weighted by Crippen LogP contribution is -1.83. The second kappa shape index (κ2) is 15.0. The van der Waals surface area contributed by atoms with Crippen LogP contribution >= 0.6 is 0 Å². The second-order valence-corrected chi connectivity index (χ2v) is 4.90. The van der Waals surface area contributed by atoms with Crippen LogP contribution in [0.2, 0.25) is 0 Å². The summed E-state index contributed by atoms with van der Waals surface area (Å²) in [6, 6.07) is 0. The first-order valence-corrected chi connectivity index (χ1v) is 7.52. The van der Waals surface area contributed by atoms with Gasteiger partial charge in [-0.15, -0.1) is 0 Å². The minimum atomic E-state index is 1.12. The van der Waals surface area contributed by atoms with Gasteiger partial charge in [-0.2, -0.15) is 0 Å². The molecule has 0 spiro atoms. The molecule has 0 aromatic rings. The third-order valence-electron chi connectivity index (χ3n) is 3.17. The van der Waals surface area contributed by atoms with Crippen molar-refractivity contribution < 1.29 is 0 Å². The average Bonchev–Trinajstić information content (AvgIpc) is 2.31. The Morgan fingerprint density at radius 2 is 1.19 bits per heavy atom. The van der Waals surface area contributed by atoms with Crippen LogP contribution in [0.25, 0.3) is 0 Å². The largest absolute Gasteiger partial charge is 0.0654 e. The molecule has 16 heavy (non-hydrogen) atoms. The molecule has 0 nitrogen and oxygen atoms in total. The van der Waals surface area contributed by atoms with Crippen LogP contribution in [-0.2, 0) is 0 Å². The smallest absolute Gasteiger partial charge is 0.0386 e. The predicted octanol–water partition coefficient (Wildman–Crippen LogP) is 6.12. The lowest BCUT2D eigenvalue weighted by molar-refractivity contribution is 0.564. The first-order chi connectivity index (χ1) is 7.91. The standard InChI is InChI=1S/C16H32/c1-3-5-7-9-11-13-15-16-14-12-10-8-6-4-2/h10H,1,3-9,11-16H2,2H3. The molecule has 0 saturated heterocycles. The molecule has 0 N–H and O–H groups in total. The highest BCUT2D eigenvalue weighted by Crippen LogP contribution is 2.12. The van der Waals surface area contributed by atoms with Gasteiger partial charge in [0.05, 0.1) is 0 Å². The molecule has 0 heteroatoms. The van der Waals surface area contributed by atoms with Gasteiger partial charge in [-0.05, 0) is 6.42 Å². The van der Waals surface area contributed by atoms with E-state index < -0.39 is 0 Å². The van der Waals surface area contributed by atoms with E-state index in [0.29, 0.717) is 0 Å². The lowest BCUT2D eigenvalue weighted by Gasteiger charge is -2.02. The Balaban J connectivity index is 2.83. The summed E-state index contributed by atoms with van der Waals surface area (Å²) in [7, 11) is 0. The van der Waals surface area contributed by atoms with Crippen LogP contribution in [0.1, 0.15) is 90.4 Å². The van der Waals surface area contributed by atoms with Gasteiger partial charge in [0.15, 0.2) is 0 Å². The van der Waals surface area contributed by atoms with Crippen LogP contribution in [0.3, 0.4) is 0 Å². The fourth-order valence-electron chi connectivity index (χ4n) is 2.02. The topological polar surface area (TPSA) is 0 Å². The van der Waals surface area contributed by atoms with E-state index in [1.165, 1.54) is 77.0 Å². The Hall–Kier alpha value is 0. The first-order valence-electron chi connectivity index (χ1n) is 7.52. The molecule has 96 valence electrons. The molecule has 0 aromatic heterocycles. The van der Waals surface area contributed by atoms with Crippen LogP contribution in [0.5, 0.6) is 0 Å². The van der Waals surface area contributed by atoms with Crippen LogP contribution in [0.4, 0.5) is 0 Å². The van der Waals surface area contributed by atoms with Crippen molar-refractivity contribution in [3.8, 4) is 0 Å². The second-order valence-electron chi connectivity index (χ2n) is 4.90. The fraction of sp³-hybridized carbons (Fsp3) is 0.875. The van der Waals surface area contributed by atoms with E-state index in [9.17, 15) is 0 Å². The van der Waals surface area contributed by atoms with Crippen molar-refractivity contribution in [1.29, 1.82) is 0 Å². The van der Waals surface area contributed by atoms with Crippen molar-refractivity contribution in [3.63, 3.8) is 0 Å². The highest BCUT2D eigenvalue weighted by molar-refractivity contribution is 4.63. The molecule has 0 atom stereocenters. The molecule has 0 saturated carbocycles. The number of hydrogen-bond donors (Lipinski definition) is 0. The van der Waals surface area contributed by atoms with Crippen molar-refractivity contribution in [2.45, 2.75) is 90.4 Å². The maximum absolute atomic E-state index is 3.87. The van der Waals surface area contributed by atoms with Gasteiger partial charge < -0.3 is 0 Å². The van der Waals surface area contributed by atoms with Crippen molar-refractivity contribution in [2.24, 2.45) is 0 Å². The minimum absolute atomic E-state index is 1.12. The third kappa shape index (κ3) is 14.0. The van der Waals surface area contributed by atoms with Gasteiger partial charge in [-0.25, -0.2) is 0 Å². The Kier molecular flexibility index (Phi) is 15.0. The molecule has 0 heterocycles. The predicted molar refractivity (Wildman–Crippen MR) is 75.4 cm³/mol. The average molecular weight is 224 g/mol. The minimum Gasteiger partial charge on any atom is -0.0654 e. The van der Waals surface area contributed by atoms with E-state index in [1.54, 1.807) is 0 Å². The zero-order chi connectivity index (χ0) is 11.9. The van der Waals surface area contributed by atoms with E-state index in [1.807, 2.05) is 0 Å². The van der Waals surface area contributed by atoms with Gasteiger partial charge in [-0.1, -0.05) is 97.3 Å². The zero-order valence-corrected chi connectivity index (χ0v) is 11.5. The summed E-state index contributed by atoms with van der Waals surface area (Å²) in [5.74, 6) is 0. The van der Waals surface area contributed by atoms with Crippen molar-refractivity contribution >= 4 is 0 Å². The van der Waals surface area contributed by atoms with Crippen molar-refractivity contribution in [3.05, 3.63) is 13.3 Å². The van der Waals surface area contributed by atoms with Crippen LogP contribution in [-0.4, -0.2) is 0 Å². The summed E-state index contributed by atoms with van der Waals surface area (Å²) < 4.78 is 0. The fourth-order valence-corrected chi connectivity index (χ4v) is 2.02. The maximum atomic E-state index is 3.87. The van der Waals surface area contributed by atoms with Gasteiger partial charge in [-0.3, -0.25) is 0 Å². The molecule has 0 aliphatic carbocycles. The SMILES string of the molecule is [CH2]CCCCCCCCCC[CH]CCCC.